The highest BCUT2D eigenvalue weighted by Crippen LogP contribution is 2.24. The largest absolute Gasteiger partial charge is 0.497 e. The molecule has 1 saturated heterocycles. The summed E-state index contributed by atoms with van der Waals surface area (Å²) in [6.45, 7) is 6.63. The van der Waals surface area contributed by atoms with Gasteiger partial charge in [-0.3, -0.25) is 14.5 Å². The zero-order valence-electron chi connectivity index (χ0n) is 21.7. The first-order valence-electron chi connectivity index (χ1n) is 12.7. The first-order valence-corrected chi connectivity index (χ1v) is 12.7. The molecule has 8 heteroatoms. The lowest BCUT2D eigenvalue weighted by Gasteiger charge is -2.36. The van der Waals surface area contributed by atoms with Gasteiger partial charge in [-0.1, -0.05) is 31.9 Å². The number of hydrogen-bond acceptors (Lipinski definition) is 5. The van der Waals surface area contributed by atoms with E-state index in [1.165, 1.54) is 12.1 Å². The van der Waals surface area contributed by atoms with Crippen LogP contribution < -0.4 is 9.47 Å². The van der Waals surface area contributed by atoms with Crippen LogP contribution in [-0.4, -0.2) is 80.0 Å². The van der Waals surface area contributed by atoms with Gasteiger partial charge < -0.3 is 19.3 Å². The fourth-order valence-corrected chi connectivity index (χ4v) is 4.34. The van der Waals surface area contributed by atoms with E-state index in [-0.39, 0.29) is 17.6 Å². The van der Waals surface area contributed by atoms with E-state index in [9.17, 15) is 14.0 Å². The molecule has 2 amide bonds. The number of carbonyl (C=O) groups is 2. The number of hydrogen-bond donors (Lipinski definition) is 0. The van der Waals surface area contributed by atoms with Gasteiger partial charge in [-0.2, -0.15) is 0 Å². The molecule has 3 rings (SSSR count). The second-order valence-electron chi connectivity index (χ2n) is 9.13. The van der Waals surface area contributed by atoms with Gasteiger partial charge in [0.05, 0.1) is 14.2 Å². The third kappa shape index (κ3) is 7.95. The molecule has 1 heterocycles. The SMILES string of the molecule is CCCCCC(=O)N(CCN1CCN(C(=O)c2cc(OC)cc(OC)c2)CC1)Cc1ccc(F)cc1. The van der Waals surface area contributed by atoms with Crippen molar-refractivity contribution in [1.29, 1.82) is 0 Å². The molecular formula is C28H38FN3O4. The fraction of sp³-hybridized carbons (Fsp3) is 0.500. The predicted molar refractivity (Wildman–Crippen MR) is 138 cm³/mol. The molecule has 0 N–H and O–H groups in total. The fourth-order valence-electron chi connectivity index (χ4n) is 4.34. The van der Waals surface area contributed by atoms with Crippen LogP contribution in [-0.2, 0) is 11.3 Å². The number of methoxy groups -OCH3 is 2. The van der Waals surface area contributed by atoms with Crippen LogP contribution in [0.25, 0.3) is 0 Å². The van der Waals surface area contributed by atoms with Gasteiger partial charge in [0.25, 0.3) is 5.91 Å². The zero-order valence-corrected chi connectivity index (χ0v) is 21.7. The molecule has 2 aromatic rings. The number of ether oxygens (including phenoxy) is 2. The minimum Gasteiger partial charge on any atom is -0.497 e. The summed E-state index contributed by atoms with van der Waals surface area (Å²) in [5.41, 5.74) is 1.46. The lowest BCUT2D eigenvalue weighted by atomic mass is 10.1. The Labute approximate surface area is 213 Å². The van der Waals surface area contributed by atoms with Crippen LogP contribution >= 0.6 is 0 Å². The summed E-state index contributed by atoms with van der Waals surface area (Å²) in [6, 6.07) is 11.5. The lowest BCUT2D eigenvalue weighted by molar-refractivity contribution is -0.132. The van der Waals surface area contributed by atoms with Crippen molar-refractivity contribution in [2.24, 2.45) is 0 Å². The number of rotatable bonds is 12. The van der Waals surface area contributed by atoms with E-state index < -0.39 is 0 Å². The molecular weight excluding hydrogens is 461 g/mol. The van der Waals surface area contributed by atoms with Gasteiger partial charge in [-0.15, -0.1) is 0 Å². The molecule has 0 atom stereocenters. The summed E-state index contributed by atoms with van der Waals surface area (Å²) in [6.07, 6.45) is 3.51. The summed E-state index contributed by atoms with van der Waals surface area (Å²) in [4.78, 5) is 32.0. The number of amides is 2. The van der Waals surface area contributed by atoms with Crippen LogP contribution in [0.15, 0.2) is 42.5 Å². The number of benzene rings is 2. The van der Waals surface area contributed by atoms with E-state index in [4.69, 9.17) is 9.47 Å². The van der Waals surface area contributed by atoms with Crippen molar-refractivity contribution in [2.75, 3.05) is 53.5 Å². The average molecular weight is 500 g/mol. The second-order valence-corrected chi connectivity index (χ2v) is 9.13. The van der Waals surface area contributed by atoms with Crippen molar-refractivity contribution < 1.29 is 23.5 Å². The van der Waals surface area contributed by atoms with Crippen LogP contribution in [0.2, 0.25) is 0 Å². The highest BCUT2D eigenvalue weighted by atomic mass is 19.1. The summed E-state index contributed by atoms with van der Waals surface area (Å²) in [7, 11) is 3.13. The predicted octanol–water partition coefficient (Wildman–Crippen LogP) is 4.21. The number of piperazine rings is 1. The third-order valence-corrected chi connectivity index (χ3v) is 6.58. The van der Waals surface area contributed by atoms with E-state index in [0.29, 0.717) is 49.7 Å². The standard InChI is InChI=1S/C28H38FN3O4/c1-4-5-6-7-27(33)32(21-22-8-10-24(29)11-9-22)17-14-30-12-15-31(16-13-30)28(34)23-18-25(35-2)20-26(19-23)36-3/h8-11,18-20H,4-7,12-17,21H2,1-3H3. The quantitative estimate of drug-likeness (QED) is 0.410. The minimum absolute atomic E-state index is 0.0455. The molecule has 0 unspecified atom stereocenters. The Hall–Kier alpha value is -3.13. The second kappa shape index (κ2) is 13.8. The lowest BCUT2D eigenvalue weighted by Crippen LogP contribution is -2.50. The molecule has 0 aliphatic carbocycles. The van der Waals surface area contributed by atoms with E-state index >= 15 is 0 Å². The minimum atomic E-state index is -0.278. The first-order chi connectivity index (χ1) is 17.4. The van der Waals surface area contributed by atoms with Gasteiger partial charge in [0.1, 0.15) is 17.3 Å². The Bertz CT molecular complexity index is 969. The van der Waals surface area contributed by atoms with Crippen LogP contribution in [0, 0.1) is 5.82 Å². The Kier molecular flexibility index (Phi) is 10.5. The molecule has 7 nitrogen and oxygen atoms in total. The maximum absolute atomic E-state index is 13.3. The highest BCUT2D eigenvalue weighted by Gasteiger charge is 2.24. The molecule has 0 bridgehead atoms. The third-order valence-electron chi connectivity index (χ3n) is 6.58. The normalized spacial score (nSPS) is 13.9. The molecule has 0 spiro atoms. The zero-order chi connectivity index (χ0) is 25.9. The average Bonchev–Trinajstić information content (AvgIpc) is 2.91. The molecule has 196 valence electrons. The van der Waals surface area contributed by atoms with Crippen molar-refractivity contribution in [3.05, 3.63) is 59.4 Å². The Morgan fingerprint density at radius 3 is 2.17 bits per heavy atom. The van der Waals surface area contributed by atoms with Crippen LogP contribution in [0.4, 0.5) is 4.39 Å². The molecule has 0 radical (unpaired) electrons. The molecule has 1 aliphatic rings. The Balaban J connectivity index is 1.55. The van der Waals surface area contributed by atoms with E-state index in [1.54, 1.807) is 44.6 Å². The van der Waals surface area contributed by atoms with Crippen LogP contribution in [0.3, 0.4) is 0 Å². The number of unbranched alkanes of at least 4 members (excludes halogenated alkanes) is 2. The van der Waals surface area contributed by atoms with Crippen molar-refractivity contribution >= 4 is 11.8 Å². The van der Waals surface area contributed by atoms with Gasteiger partial charge in [0.15, 0.2) is 0 Å². The summed E-state index contributed by atoms with van der Waals surface area (Å²) in [5.74, 6) is 0.978. The van der Waals surface area contributed by atoms with Crippen molar-refractivity contribution in [2.45, 2.75) is 39.2 Å². The van der Waals surface area contributed by atoms with Crippen LogP contribution in [0.1, 0.15) is 48.5 Å². The number of halogens is 1. The number of nitrogens with zero attached hydrogens (tertiary/aromatic N) is 3. The smallest absolute Gasteiger partial charge is 0.254 e. The summed E-state index contributed by atoms with van der Waals surface area (Å²) in [5, 5.41) is 0. The topological polar surface area (TPSA) is 62.3 Å². The molecule has 2 aromatic carbocycles. The monoisotopic (exact) mass is 499 g/mol. The van der Waals surface area contributed by atoms with Crippen molar-refractivity contribution in [1.82, 2.24) is 14.7 Å². The van der Waals surface area contributed by atoms with Gasteiger partial charge in [0, 0.05) is 63.9 Å². The molecule has 1 aliphatic heterocycles. The molecule has 1 fully saturated rings. The van der Waals surface area contributed by atoms with Gasteiger partial charge in [0.2, 0.25) is 5.91 Å². The summed E-state index contributed by atoms with van der Waals surface area (Å²) >= 11 is 0. The van der Waals surface area contributed by atoms with Gasteiger partial charge in [-0.05, 0) is 36.2 Å². The van der Waals surface area contributed by atoms with E-state index in [2.05, 4.69) is 11.8 Å². The first kappa shape index (κ1) is 27.5. The Morgan fingerprint density at radius 2 is 1.58 bits per heavy atom. The van der Waals surface area contributed by atoms with E-state index in [1.807, 2.05) is 9.80 Å². The molecule has 0 saturated carbocycles. The van der Waals surface area contributed by atoms with Crippen molar-refractivity contribution in [3.8, 4) is 11.5 Å². The summed E-state index contributed by atoms with van der Waals surface area (Å²) < 4.78 is 23.9. The van der Waals surface area contributed by atoms with Gasteiger partial charge in [-0.25, -0.2) is 4.39 Å². The highest BCUT2D eigenvalue weighted by molar-refractivity contribution is 5.95. The van der Waals surface area contributed by atoms with Gasteiger partial charge >= 0.3 is 0 Å². The van der Waals surface area contributed by atoms with Crippen molar-refractivity contribution in [3.63, 3.8) is 0 Å². The maximum atomic E-state index is 13.3. The number of carbonyl (C=O) groups excluding carboxylic acids is 2. The maximum Gasteiger partial charge on any atom is 0.254 e. The Morgan fingerprint density at radius 1 is 0.944 bits per heavy atom. The van der Waals surface area contributed by atoms with Crippen LogP contribution in [0.5, 0.6) is 11.5 Å². The molecule has 36 heavy (non-hydrogen) atoms. The molecule has 0 aromatic heterocycles. The van der Waals surface area contributed by atoms with E-state index in [0.717, 1.165) is 44.5 Å².